The molecule has 224 valence electrons. The fourth-order valence-corrected chi connectivity index (χ4v) is 5.42. The van der Waals surface area contributed by atoms with Crippen molar-refractivity contribution in [2.75, 3.05) is 43.6 Å². The molecule has 1 aliphatic heterocycles. The second kappa shape index (κ2) is 11.6. The van der Waals surface area contributed by atoms with E-state index in [-0.39, 0.29) is 17.8 Å². The fraction of sp³-hybridized carbons (Fsp3) is 0.467. The highest BCUT2D eigenvalue weighted by Gasteiger charge is 2.33. The maximum absolute atomic E-state index is 14.7. The summed E-state index contributed by atoms with van der Waals surface area (Å²) >= 11 is 0. The summed E-state index contributed by atoms with van der Waals surface area (Å²) in [6.07, 6.45) is 5.72. The number of methoxy groups -OCH3 is 1. The number of nitrogens with zero attached hydrogens (tertiary/aromatic N) is 6. The standard InChI is InChI=1S/C30H38FN7O4/c1-7-38(29(40)42-30(3,4)5)21-10-11-35(17-21)25-9-8-22(26-23(25)18-37(34-26)12-13-41-6)28(39)33-20-14-24(31)27-32-19(2)15-36(27)16-20/h8-9,14-16,18,21H,7,10-13,17H2,1-6H3,(H,33,39)/t21-/m0/s1. The summed E-state index contributed by atoms with van der Waals surface area (Å²) in [6, 6.07) is 4.91. The van der Waals surface area contributed by atoms with Gasteiger partial charge in [0.05, 0.1) is 36.1 Å². The molecule has 1 saturated heterocycles. The third kappa shape index (κ3) is 6.03. The first-order valence-electron chi connectivity index (χ1n) is 14.2. The summed E-state index contributed by atoms with van der Waals surface area (Å²) in [7, 11) is 1.62. The van der Waals surface area contributed by atoms with Gasteiger partial charge in [-0.2, -0.15) is 5.10 Å². The molecule has 12 heteroatoms. The van der Waals surface area contributed by atoms with E-state index in [1.165, 1.54) is 6.07 Å². The van der Waals surface area contributed by atoms with Crippen molar-refractivity contribution in [3.05, 3.63) is 53.9 Å². The highest BCUT2D eigenvalue weighted by Crippen LogP contribution is 2.33. The molecule has 1 aromatic carbocycles. The molecule has 1 fully saturated rings. The van der Waals surface area contributed by atoms with Gasteiger partial charge < -0.3 is 29.0 Å². The normalized spacial score (nSPS) is 15.5. The molecule has 0 spiro atoms. The van der Waals surface area contributed by atoms with Gasteiger partial charge in [-0.05, 0) is 53.2 Å². The Morgan fingerprint density at radius 3 is 2.71 bits per heavy atom. The SMILES string of the molecule is CCN(C(=O)OC(C)(C)C)[C@H]1CCN(c2ccc(C(=O)Nc3cc(F)c4nc(C)cn4c3)c3nn(CCOC)cc23)C1. The number of ether oxygens (including phenoxy) is 2. The van der Waals surface area contributed by atoms with Crippen LogP contribution in [0.1, 0.15) is 50.2 Å². The minimum Gasteiger partial charge on any atom is -0.444 e. The Morgan fingerprint density at radius 2 is 2.00 bits per heavy atom. The number of anilines is 2. The number of benzene rings is 1. The highest BCUT2D eigenvalue weighted by atomic mass is 19.1. The minimum absolute atomic E-state index is 0.0111. The van der Waals surface area contributed by atoms with Gasteiger partial charge in [-0.3, -0.25) is 9.48 Å². The molecule has 4 heterocycles. The van der Waals surface area contributed by atoms with E-state index in [4.69, 9.17) is 14.6 Å². The fourth-order valence-electron chi connectivity index (χ4n) is 5.42. The number of carbonyl (C=O) groups is 2. The van der Waals surface area contributed by atoms with Crippen molar-refractivity contribution in [3.8, 4) is 0 Å². The molecule has 0 radical (unpaired) electrons. The van der Waals surface area contributed by atoms with E-state index in [1.807, 2.05) is 40.0 Å². The third-order valence-electron chi connectivity index (χ3n) is 7.27. The van der Waals surface area contributed by atoms with E-state index in [0.717, 1.165) is 24.0 Å². The summed E-state index contributed by atoms with van der Waals surface area (Å²) in [5.74, 6) is -0.929. The zero-order valence-corrected chi connectivity index (χ0v) is 25.0. The number of fused-ring (bicyclic) bond motifs is 2. The van der Waals surface area contributed by atoms with Gasteiger partial charge in [0.1, 0.15) is 11.1 Å². The van der Waals surface area contributed by atoms with Crippen molar-refractivity contribution in [1.29, 1.82) is 0 Å². The first-order valence-corrected chi connectivity index (χ1v) is 14.2. The number of nitrogens with one attached hydrogen (secondary N) is 1. The Hall–Kier alpha value is -4.19. The van der Waals surface area contributed by atoms with E-state index in [1.54, 1.807) is 46.5 Å². The van der Waals surface area contributed by atoms with E-state index >= 15 is 0 Å². The molecule has 0 unspecified atom stereocenters. The predicted molar refractivity (Wildman–Crippen MR) is 159 cm³/mol. The number of hydrogen-bond acceptors (Lipinski definition) is 7. The van der Waals surface area contributed by atoms with Crippen LogP contribution in [-0.4, -0.2) is 81.1 Å². The van der Waals surface area contributed by atoms with Crippen LogP contribution in [0.2, 0.25) is 0 Å². The lowest BCUT2D eigenvalue weighted by Crippen LogP contribution is -2.44. The number of rotatable bonds is 8. The summed E-state index contributed by atoms with van der Waals surface area (Å²) in [5.41, 5.74) is 2.44. The molecule has 42 heavy (non-hydrogen) atoms. The molecule has 5 rings (SSSR count). The number of halogens is 1. The molecule has 2 amide bonds. The molecule has 1 N–H and O–H groups in total. The Labute approximate surface area is 244 Å². The van der Waals surface area contributed by atoms with Gasteiger partial charge in [0.15, 0.2) is 11.5 Å². The van der Waals surface area contributed by atoms with Gasteiger partial charge in [0, 0.05) is 62.5 Å². The molecule has 1 aliphatic rings. The maximum atomic E-state index is 14.7. The Morgan fingerprint density at radius 1 is 1.21 bits per heavy atom. The lowest BCUT2D eigenvalue weighted by atomic mass is 10.1. The number of imidazole rings is 1. The molecular formula is C30H38FN7O4. The molecular weight excluding hydrogens is 541 g/mol. The van der Waals surface area contributed by atoms with Crippen molar-refractivity contribution in [3.63, 3.8) is 0 Å². The molecule has 0 bridgehead atoms. The van der Waals surface area contributed by atoms with Crippen LogP contribution < -0.4 is 10.2 Å². The molecule has 0 aliphatic carbocycles. The third-order valence-corrected chi connectivity index (χ3v) is 7.27. The lowest BCUT2D eigenvalue weighted by molar-refractivity contribution is 0.0190. The zero-order valence-electron chi connectivity index (χ0n) is 25.0. The van der Waals surface area contributed by atoms with Crippen LogP contribution in [-0.2, 0) is 16.0 Å². The number of likely N-dealkylation sites (N-methyl/N-ethyl adjacent to an activating group) is 1. The van der Waals surface area contributed by atoms with Gasteiger partial charge in [-0.1, -0.05) is 0 Å². The summed E-state index contributed by atoms with van der Waals surface area (Å²) in [6.45, 7) is 12.2. The quantitative estimate of drug-likeness (QED) is 0.318. The molecule has 3 aromatic heterocycles. The van der Waals surface area contributed by atoms with Crippen LogP contribution >= 0.6 is 0 Å². The number of aromatic nitrogens is 4. The molecule has 0 saturated carbocycles. The predicted octanol–water partition coefficient (Wildman–Crippen LogP) is 4.87. The van der Waals surface area contributed by atoms with Crippen LogP contribution in [0.15, 0.2) is 36.8 Å². The first kappa shape index (κ1) is 29.3. The minimum atomic E-state index is -0.572. The number of hydrogen-bond donors (Lipinski definition) is 1. The Kier molecular flexibility index (Phi) is 8.09. The second-order valence-corrected chi connectivity index (χ2v) is 11.6. The van der Waals surface area contributed by atoms with E-state index in [2.05, 4.69) is 15.2 Å². The van der Waals surface area contributed by atoms with E-state index in [9.17, 15) is 14.0 Å². The number of aryl methyl sites for hydroxylation is 1. The van der Waals surface area contributed by atoms with Gasteiger partial charge >= 0.3 is 6.09 Å². The van der Waals surface area contributed by atoms with Gasteiger partial charge in [0.2, 0.25) is 0 Å². The lowest BCUT2D eigenvalue weighted by Gasteiger charge is -2.31. The van der Waals surface area contributed by atoms with Crippen LogP contribution in [0.4, 0.5) is 20.6 Å². The molecule has 4 aromatic rings. The maximum Gasteiger partial charge on any atom is 0.410 e. The molecule has 1 atom stereocenters. The summed E-state index contributed by atoms with van der Waals surface area (Å²) in [4.78, 5) is 34.6. The highest BCUT2D eigenvalue weighted by molar-refractivity contribution is 6.14. The summed E-state index contributed by atoms with van der Waals surface area (Å²) in [5, 5.41) is 8.36. The van der Waals surface area contributed by atoms with E-state index < -0.39 is 17.3 Å². The van der Waals surface area contributed by atoms with Gasteiger partial charge in [0.25, 0.3) is 5.91 Å². The van der Waals surface area contributed by atoms with Gasteiger partial charge in [-0.25, -0.2) is 14.2 Å². The summed E-state index contributed by atoms with van der Waals surface area (Å²) < 4.78 is 28.9. The number of amides is 2. The van der Waals surface area contributed by atoms with Gasteiger partial charge in [-0.15, -0.1) is 0 Å². The average Bonchev–Trinajstić information content (AvgIpc) is 3.64. The smallest absolute Gasteiger partial charge is 0.410 e. The van der Waals surface area contributed by atoms with Crippen molar-refractivity contribution >= 4 is 39.9 Å². The van der Waals surface area contributed by atoms with Crippen molar-refractivity contribution in [2.24, 2.45) is 0 Å². The van der Waals surface area contributed by atoms with Crippen LogP contribution in [0.25, 0.3) is 16.6 Å². The first-order chi connectivity index (χ1) is 20.0. The monoisotopic (exact) mass is 579 g/mol. The topological polar surface area (TPSA) is 106 Å². The van der Waals surface area contributed by atoms with Crippen LogP contribution in [0.5, 0.6) is 0 Å². The van der Waals surface area contributed by atoms with E-state index in [0.29, 0.717) is 48.7 Å². The molecule has 11 nitrogen and oxygen atoms in total. The average molecular weight is 580 g/mol. The van der Waals surface area contributed by atoms with Crippen molar-refractivity contribution in [2.45, 2.75) is 59.2 Å². The largest absolute Gasteiger partial charge is 0.444 e. The zero-order chi connectivity index (χ0) is 30.2. The second-order valence-electron chi connectivity index (χ2n) is 11.6. The Bertz CT molecular complexity index is 1620. The number of carbonyl (C=O) groups excluding carboxylic acids is 2. The Balaban J connectivity index is 1.43. The van der Waals surface area contributed by atoms with Crippen LogP contribution in [0, 0.1) is 12.7 Å². The van der Waals surface area contributed by atoms with Crippen molar-refractivity contribution in [1.82, 2.24) is 24.1 Å². The number of pyridine rings is 1. The van der Waals surface area contributed by atoms with Crippen LogP contribution in [0.3, 0.4) is 0 Å². The van der Waals surface area contributed by atoms with Crippen molar-refractivity contribution < 1.29 is 23.5 Å².